The fourth-order valence-electron chi connectivity index (χ4n) is 3.48. The number of ether oxygens (including phenoxy) is 1. The highest BCUT2D eigenvalue weighted by atomic mass is 35.5. The summed E-state index contributed by atoms with van der Waals surface area (Å²) in [7, 11) is 1.81. The monoisotopic (exact) mass is 528 g/mol. The highest BCUT2D eigenvalue weighted by molar-refractivity contribution is 7.99. The number of halogens is 1. The second-order valence-corrected chi connectivity index (χ2v) is 10.7. The average molecular weight is 529 g/mol. The summed E-state index contributed by atoms with van der Waals surface area (Å²) in [5, 5.41) is 14.1. The smallest absolute Gasteiger partial charge is 0.257 e. The summed E-state index contributed by atoms with van der Waals surface area (Å²) in [6, 6.07) is 18.8. The minimum absolute atomic E-state index is 0.0904. The van der Waals surface area contributed by atoms with Crippen LogP contribution < -0.4 is 10.7 Å². The van der Waals surface area contributed by atoms with Crippen LogP contribution in [-0.2, 0) is 24.9 Å². The second-order valence-electron chi connectivity index (χ2n) is 8.02. The van der Waals surface area contributed by atoms with Crippen molar-refractivity contribution in [3.63, 3.8) is 0 Å². The number of aliphatic hydroxyl groups excluding tert-OH is 1. The summed E-state index contributed by atoms with van der Waals surface area (Å²) in [5.74, 6) is 0.107. The van der Waals surface area contributed by atoms with E-state index in [1.54, 1.807) is 40.7 Å². The van der Waals surface area contributed by atoms with E-state index in [1.165, 1.54) is 11.3 Å². The third-order valence-electron chi connectivity index (χ3n) is 5.25. The molecule has 0 aliphatic heterocycles. The summed E-state index contributed by atoms with van der Waals surface area (Å²) in [6.45, 7) is 0.775. The minimum atomic E-state index is -0.600. The number of aromatic nitrogens is 1. The molecule has 0 aliphatic carbocycles. The molecule has 35 heavy (non-hydrogen) atoms. The van der Waals surface area contributed by atoms with Gasteiger partial charge in [-0.1, -0.05) is 41.9 Å². The Morgan fingerprint density at radius 3 is 2.69 bits per heavy atom. The van der Waals surface area contributed by atoms with Crippen molar-refractivity contribution in [2.45, 2.75) is 24.2 Å². The lowest BCUT2D eigenvalue weighted by atomic mass is 10.2. The van der Waals surface area contributed by atoms with Crippen LogP contribution in [0.25, 0.3) is 10.2 Å². The molecule has 9 heteroatoms. The highest BCUT2D eigenvalue weighted by Crippen LogP contribution is 2.24. The van der Waals surface area contributed by atoms with E-state index in [1.807, 2.05) is 49.5 Å². The van der Waals surface area contributed by atoms with Crippen molar-refractivity contribution >= 4 is 50.8 Å². The van der Waals surface area contributed by atoms with Crippen molar-refractivity contribution in [3.05, 3.63) is 98.1 Å². The second kappa shape index (κ2) is 11.9. The number of aliphatic hydroxyl groups is 1. The van der Waals surface area contributed by atoms with Crippen LogP contribution in [0.5, 0.6) is 0 Å². The molecule has 0 fully saturated rings. The zero-order valence-corrected chi connectivity index (χ0v) is 21.5. The predicted molar refractivity (Wildman–Crippen MR) is 143 cm³/mol. The number of rotatable bonds is 10. The molecule has 1 unspecified atom stereocenters. The van der Waals surface area contributed by atoms with E-state index in [0.29, 0.717) is 22.7 Å². The summed E-state index contributed by atoms with van der Waals surface area (Å²) in [4.78, 5) is 28.5. The molecule has 2 aromatic carbocycles. The lowest BCUT2D eigenvalue weighted by molar-refractivity contribution is 0.0409. The van der Waals surface area contributed by atoms with E-state index >= 15 is 0 Å². The van der Waals surface area contributed by atoms with Crippen molar-refractivity contribution in [2.75, 3.05) is 12.4 Å². The fourth-order valence-corrected chi connectivity index (χ4v) is 5.46. The van der Waals surface area contributed by atoms with Crippen molar-refractivity contribution < 1.29 is 14.6 Å². The molecule has 2 aromatic heterocycles. The number of hydrogen-bond acceptors (Lipinski definition) is 6. The summed E-state index contributed by atoms with van der Waals surface area (Å²) >= 11 is 8.91. The first kappa shape index (κ1) is 25.5. The Hall–Kier alpha value is -2.62. The minimum Gasteiger partial charge on any atom is -0.390 e. The van der Waals surface area contributed by atoms with Gasteiger partial charge in [0.2, 0.25) is 5.43 Å². The van der Waals surface area contributed by atoms with E-state index in [4.69, 9.17) is 16.3 Å². The van der Waals surface area contributed by atoms with Crippen LogP contribution in [-0.4, -0.2) is 34.0 Å². The maximum atomic E-state index is 13.0. The summed E-state index contributed by atoms with van der Waals surface area (Å²) < 4.78 is 7.49. The van der Waals surface area contributed by atoms with Gasteiger partial charge in [0.1, 0.15) is 10.4 Å². The maximum absolute atomic E-state index is 13.0. The number of carbonyl (C=O) groups is 1. The Balaban J connectivity index is 1.36. The number of thioether (sulfide) groups is 1. The van der Waals surface area contributed by atoms with Gasteiger partial charge in [0.25, 0.3) is 5.91 Å². The molecule has 1 amide bonds. The van der Waals surface area contributed by atoms with Gasteiger partial charge in [-0.2, -0.15) is 0 Å². The number of aryl methyl sites for hydroxylation is 1. The quantitative estimate of drug-likeness (QED) is 0.287. The Morgan fingerprint density at radius 2 is 1.94 bits per heavy atom. The molecule has 0 saturated carbocycles. The van der Waals surface area contributed by atoms with E-state index in [-0.39, 0.29) is 24.2 Å². The van der Waals surface area contributed by atoms with Gasteiger partial charge < -0.3 is 19.7 Å². The number of fused-ring (bicyclic) bond motifs is 1. The van der Waals surface area contributed by atoms with Crippen LogP contribution in [0.2, 0.25) is 5.02 Å². The van der Waals surface area contributed by atoms with Crippen molar-refractivity contribution in [2.24, 2.45) is 7.05 Å². The molecule has 0 spiro atoms. The zero-order valence-electron chi connectivity index (χ0n) is 19.1. The van der Waals surface area contributed by atoms with Crippen molar-refractivity contribution in [1.29, 1.82) is 0 Å². The van der Waals surface area contributed by atoms with Crippen LogP contribution in [0.3, 0.4) is 0 Å². The van der Waals surface area contributed by atoms with Gasteiger partial charge in [0, 0.05) is 40.3 Å². The van der Waals surface area contributed by atoms with Gasteiger partial charge in [0.15, 0.2) is 0 Å². The first-order valence-electron chi connectivity index (χ1n) is 11.0. The summed E-state index contributed by atoms with van der Waals surface area (Å²) in [6.07, 6.45) is 0.963. The number of thiophene rings is 1. The number of pyridine rings is 1. The topological polar surface area (TPSA) is 80.6 Å². The van der Waals surface area contributed by atoms with Gasteiger partial charge in [0.05, 0.1) is 24.7 Å². The number of nitrogens with one attached hydrogen (secondary N) is 1. The third kappa shape index (κ3) is 6.74. The highest BCUT2D eigenvalue weighted by Gasteiger charge is 2.17. The van der Waals surface area contributed by atoms with Gasteiger partial charge in [-0.15, -0.1) is 23.1 Å². The molecule has 2 heterocycles. The van der Waals surface area contributed by atoms with Crippen LogP contribution in [0.15, 0.2) is 76.6 Å². The number of benzene rings is 2. The van der Waals surface area contributed by atoms with Gasteiger partial charge in [-0.3, -0.25) is 9.59 Å². The molecular weight excluding hydrogens is 504 g/mol. The molecule has 1 atom stereocenters. The molecule has 4 rings (SSSR count). The van der Waals surface area contributed by atoms with Gasteiger partial charge >= 0.3 is 0 Å². The van der Waals surface area contributed by atoms with Crippen LogP contribution in [0, 0.1) is 0 Å². The number of hydrogen-bond donors (Lipinski definition) is 2. The molecule has 0 radical (unpaired) electrons. The molecular formula is C26H25ClN2O4S2. The molecule has 6 nitrogen and oxygen atoms in total. The standard InChI is InChI=1S/C26H25ClN2O4S2/c1-29-13-23(25(32)28-12-17-7-9-18(27)10-8-17)24(31)22-11-21(35-26(22)29)15-33-14-19(30)16-34-20-5-3-2-4-6-20/h2-11,13,19,30H,12,14-16H2,1H3,(H,28,32). The molecule has 2 N–H and O–H groups in total. The fraction of sp³-hybridized carbons (Fsp3) is 0.231. The zero-order chi connectivity index (χ0) is 24.8. The first-order valence-corrected chi connectivity index (χ1v) is 13.2. The van der Waals surface area contributed by atoms with E-state index in [2.05, 4.69) is 5.32 Å². The molecule has 0 bridgehead atoms. The predicted octanol–water partition coefficient (Wildman–Crippen LogP) is 4.85. The van der Waals surface area contributed by atoms with Gasteiger partial charge in [-0.05, 0) is 35.9 Å². The molecule has 0 saturated heterocycles. The Labute approximate surface area is 216 Å². The van der Waals surface area contributed by atoms with Crippen LogP contribution >= 0.6 is 34.7 Å². The summed E-state index contributed by atoms with van der Waals surface area (Å²) in [5.41, 5.74) is 0.668. The first-order chi connectivity index (χ1) is 16.9. The van der Waals surface area contributed by atoms with E-state index in [0.717, 1.165) is 20.2 Å². The normalized spacial score (nSPS) is 12.1. The largest absolute Gasteiger partial charge is 0.390 e. The molecule has 0 aliphatic rings. The number of amides is 1. The van der Waals surface area contributed by atoms with E-state index in [9.17, 15) is 14.7 Å². The van der Waals surface area contributed by atoms with Gasteiger partial charge in [-0.25, -0.2) is 0 Å². The molecule has 182 valence electrons. The Kier molecular flexibility index (Phi) is 8.64. The SMILES string of the molecule is Cn1cc(C(=O)NCc2ccc(Cl)cc2)c(=O)c2cc(COCC(O)CSc3ccccc3)sc21. The number of nitrogens with zero attached hydrogens (tertiary/aromatic N) is 1. The molecule has 4 aromatic rings. The van der Waals surface area contributed by atoms with Crippen molar-refractivity contribution in [3.8, 4) is 0 Å². The average Bonchev–Trinajstić information content (AvgIpc) is 3.30. The lowest BCUT2D eigenvalue weighted by Gasteiger charge is -2.10. The Bertz CT molecular complexity index is 1350. The van der Waals surface area contributed by atoms with Crippen LogP contribution in [0.1, 0.15) is 20.8 Å². The Morgan fingerprint density at radius 1 is 1.20 bits per heavy atom. The third-order valence-corrected chi connectivity index (χ3v) is 7.86. The lowest BCUT2D eigenvalue weighted by Crippen LogP contribution is -2.29. The van der Waals surface area contributed by atoms with E-state index < -0.39 is 12.0 Å². The van der Waals surface area contributed by atoms with Crippen molar-refractivity contribution in [1.82, 2.24) is 9.88 Å². The number of carbonyl (C=O) groups excluding carboxylic acids is 1. The maximum Gasteiger partial charge on any atom is 0.257 e. The van der Waals surface area contributed by atoms with Crippen LogP contribution in [0.4, 0.5) is 0 Å².